The van der Waals surface area contributed by atoms with E-state index in [-0.39, 0.29) is 12.4 Å². The molecular weight excluding hydrogens is 258 g/mol. The molecular formula is C15H20ClN3. The number of aromatic nitrogens is 2. The van der Waals surface area contributed by atoms with E-state index in [1.807, 2.05) is 13.2 Å². The standard InChI is InChI=1S/C15H19N3.ClH/c1-16-8-12-4-6-14(7-5-12)15-9-17-18(11-15)10-13-2-3-13;/h4-7,9,11,13,16H,2-3,8,10H2,1H3;1H. The largest absolute Gasteiger partial charge is 0.316 e. The molecule has 19 heavy (non-hydrogen) atoms. The van der Waals surface area contributed by atoms with Gasteiger partial charge in [-0.05, 0) is 36.9 Å². The molecule has 3 nitrogen and oxygen atoms in total. The average molecular weight is 278 g/mol. The summed E-state index contributed by atoms with van der Waals surface area (Å²) in [4.78, 5) is 0. The minimum absolute atomic E-state index is 0. The molecule has 1 aliphatic carbocycles. The normalized spacial score (nSPS) is 14.2. The monoisotopic (exact) mass is 277 g/mol. The van der Waals surface area contributed by atoms with Crippen molar-refractivity contribution < 1.29 is 0 Å². The second-order valence-electron chi connectivity index (χ2n) is 5.12. The van der Waals surface area contributed by atoms with Crippen molar-refractivity contribution in [3.8, 4) is 11.1 Å². The van der Waals surface area contributed by atoms with Gasteiger partial charge in [-0.3, -0.25) is 4.68 Å². The third-order valence-corrected chi connectivity index (χ3v) is 3.44. The minimum Gasteiger partial charge on any atom is -0.316 e. The molecule has 1 fully saturated rings. The highest BCUT2D eigenvalue weighted by Gasteiger charge is 2.21. The van der Waals surface area contributed by atoms with Gasteiger partial charge in [0.25, 0.3) is 0 Å². The molecule has 1 aromatic carbocycles. The van der Waals surface area contributed by atoms with E-state index in [9.17, 15) is 0 Å². The molecule has 0 amide bonds. The fourth-order valence-corrected chi connectivity index (χ4v) is 2.20. The molecule has 1 aromatic heterocycles. The van der Waals surface area contributed by atoms with Crippen LogP contribution in [0, 0.1) is 5.92 Å². The number of hydrogen-bond donors (Lipinski definition) is 1. The van der Waals surface area contributed by atoms with Crippen LogP contribution in [-0.4, -0.2) is 16.8 Å². The summed E-state index contributed by atoms with van der Waals surface area (Å²) in [5.74, 6) is 0.871. The van der Waals surface area contributed by atoms with Gasteiger partial charge in [-0.25, -0.2) is 0 Å². The Bertz CT molecular complexity index is 514. The third-order valence-electron chi connectivity index (χ3n) is 3.44. The summed E-state index contributed by atoms with van der Waals surface area (Å²) in [7, 11) is 1.97. The average Bonchev–Trinajstić information content (AvgIpc) is 3.07. The Hall–Kier alpha value is -1.32. The summed E-state index contributed by atoms with van der Waals surface area (Å²) in [6.07, 6.45) is 6.86. The van der Waals surface area contributed by atoms with E-state index in [1.54, 1.807) is 0 Å². The second kappa shape index (κ2) is 6.22. The molecule has 1 heterocycles. The summed E-state index contributed by atoms with van der Waals surface area (Å²) in [5, 5.41) is 7.60. The van der Waals surface area contributed by atoms with Gasteiger partial charge < -0.3 is 5.32 Å². The first kappa shape index (κ1) is 14.1. The topological polar surface area (TPSA) is 29.9 Å². The lowest BCUT2D eigenvalue weighted by Crippen LogP contribution is -2.04. The second-order valence-corrected chi connectivity index (χ2v) is 5.12. The van der Waals surface area contributed by atoms with Crippen molar-refractivity contribution in [3.63, 3.8) is 0 Å². The first-order valence-electron chi connectivity index (χ1n) is 6.61. The van der Waals surface area contributed by atoms with Gasteiger partial charge in [0.1, 0.15) is 0 Å². The van der Waals surface area contributed by atoms with E-state index in [2.05, 4.69) is 45.6 Å². The fourth-order valence-electron chi connectivity index (χ4n) is 2.20. The maximum absolute atomic E-state index is 4.44. The first-order valence-corrected chi connectivity index (χ1v) is 6.61. The van der Waals surface area contributed by atoms with Gasteiger partial charge in [0.15, 0.2) is 0 Å². The SMILES string of the molecule is CNCc1ccc(-c2cnn(CC3CC3)c2)cc1.Cl. The van der Waals surface area contributed by atoms with E-state index in [0.29, 0.717) is 0 Å². The molecule has 3 rings (SSSR count). The Morgan fingerprint density at radius 1 is 1.21 bits per heavy atom. The van der Waals surface area contributed by atoms with Crippen LogP contribution in [0.3, 0.4) is 0 Å². The van der Waals surface area contributed by atoms with Gasteiger partial charge in [-0.15, -0.1) is 12.4 Å². The third kappa shape index (κ3) is 3.58. The van der Waals surface area contributed by atoms with Crippen LogP contribution in [-0.2, 0) is 13.1 Å². The van der Waals surface area contributed by atoms with Crippen LogP contribution >= 0.6 is 12.4 Å². The Morgan fingerprint density at radius 2 is 1.95 bits per heavy atom. The summed E-state index contributed by atoms with van der Waals surface area (Å²) in [6, 6.07) is 8.68. The van der Waals surface area contributed by atoms with E-state index in [1.165, 1.54) is 29.5 Å². The Kier molecular flexibility index (Phi) is 4.61. The van der Waals surface area contributed by atoms with E-state index >= 15 is 0 Å². The van der Waals surface area contributed by atoms with Gasteiger partial charge in [-0.2, -0.15) is 5.10 Å². The highest BCUT2D eigenvalue weighted by atomic mass is 35.5. The Morgan fingerprint density at radius 3 is 2.58 bits per heavy atom. The molecule has 102 valence electrons. The molecule has 0 saturated heterocycles. The number of halogens is 1. The molecule has 1 saturated carbocycles. The quantitative estimate of drug-likeness (QED) is 0.910. The Labute approximate surface area is 120 Å². The van der Waals surface area contributed by atoms with Crippen LogP contribution in [0.2, 0.25) is 0 Å². The van der Waals surface area contributed by atoms with E-state index in [4.69, 9.17) is 0 Å². The van der Waals surface area contributed by atoms with Crippen molar-refractivity contribution in [2.24, 2.45) is 5.92 Å². The van der Waals surface area contributed by atoms with Gasteiger partial charge in [-0.1, -0.05) is 24.3 Å². The van der Waals surface area contributed by atoms with E-state index < -0.39 is 0 Å². The zero-order valence-corrected chi connectivity index (χ0v) is 12.0. The fraction of sp³-hybridized carbons (Fsp3) is 0.400. The lowest BCUT2D eigenvalue weighted by molar-refractivity contribution is 0.563. The minimum atomic E-state index is 0. The van der Waals surface area contributed by atoms with Gasteiger partial charge in [0, 0.05) is 24.8 Å². The molecule has 0 bridgehead atoms. The molecule has 0 atom stereocenters. The van der Waals surface area contributed by atoms with Gasteiger partial charge in [0.05, 0.1) is 6.20 Å². The molecule has 0 aliphatic heterocycles. The van der Waals surface area contributed by atoms with Crippen molar-refractivity contribution in [1.29, 1.82) is 0 Å². The molecule has 2 aromatic rings. The van der Waals surface area contributed by atoms with Crippen molar-refractivity contribution >= 4 is 12.4 Å². The summed E-state index contributed by atoms with van der Waals surface area (Å²) in [5.41, 5.74) is 3.77. The first-order chi connectivity index (χ1) is 8.85. The maximum atomic E-state index is 4.44. The van der Waals surface area contributed by atoms with Crippen LogP contribution in [0.5, 0.6) is 0 Å². The van der Waals surface area contributed by atoms with Crippen LogP contribution in [0.4, 0.5) is 0 Å². The molecule has 1 N–H and O–H groups in total. The highest BCUT2D eigenvalue weighted by Crippen LogP contribution is 2.30. The summed E-state index contributed by atoms with van der Waals surface area (Å²) >= 11 is 0. The number of nitrogens with one attached hydrogen (secondary N) is 1. The zero-order valence-electron chi connectivity index (χ0n) is 11.2. The van der Waals surface area contributed by atoms with E-state index in [0.717, 1.165) is 19.0 Å². The lowest BCUT2D eigenvalue weighted by atomic mass is 10.1. The number of hydrogen-bond acceptors (Lipinski definition) is 2. The molecule has 1 aliphatic rings. The van der Waals surface area contributed by atoms with Crippen molar-refractivity contribution in [2.75, 3.05) is 7.05 Å². The van der Waals surface area contributed by atoms with Crippen LogP contribution < -0.4 is 5.32 Å². The Balaban J connectivity index is 0.00000133. The summed E-state index contributed by atoms with van der Waals surface area (Å²) in [6.45, 7) is 2.00. The lowest BCUT2D eigenvalue weighted by Gasteiger charge is -2.02. The zero-order chi connectivity index (χ0) is 12.4. The predicted octanol–water partition coefficient (Wildman–Crippen LogP) is 3.10. The molecule has 4 heteroatoms. The summed E-state index contributed by atoms with van der Waals surface area (Å²) < 4.78 is 2.08. The van der Waals surface area contributed by atoms with Crippen molar-refractivity contribution in [2.45, 2.75) is 25.9 Å². The molecule has 0 radical (unpaired) electrons. The van der Waals surface area contributed by atoms with Crippen LogP contribution in [0.15, 0.2) is 36.7 Å². The van der Waals surface area contributed by atoms with Crippen LogP contribution in [0.25, 0.3) is 11.1 Å². The number of nitrogens with zero attached hydrogens (tertiary/aromatic N) is 2. The maximum Gasteiger partial charge on any atom is 0.0568 e. The molecule has 0 spiro atoms. The van der Waals surface area contributed by atoms with Crippen molar-refractivity contribution in [3.05, 3.63) is 42.2 Å². The number of benzene rings is 1. The molecule has 0 unspecified atom stereocenters. The highest BCUT2D eigenvalue weighted by molar-refractivity contribution is 5.85. The van der Waals surface area contributed by atoms with Crippen molar-refractivity contribution in [1.82, 2.24) is 15.1 Å². The van der Waals surface area contributed by atoms with Gasteiger partial charge >= 0.3 is 0 Å². The van der Waals surface area contributed by atoms with Crippen LogP contribution in [0.1, 0.15) is 18.4 Å². The smallest absolute Gasteiger partial charge is 0.0568 e. The van der Waals surface area contributed by atoms with Gasteiger partial charge in [0.2, 0.25) is 0 Å². The predicted molar refractivity (Wildman–Crippen MR) is 80.4 cm³/mol. The number of rotatable bonds is 5.